The van der Waals surface area contributed by atoms with Gasteiger partial charge in [0.1, 0.15) is 11.6 Å². The van der Waals surface area contributed by atoms with Gasteiger partial charge in [-0.05, 0) is 55.5 Å². The largest absolute Gasteiger partial charge is 0.451 e. The highest BCUT2D eigenvalue weighted by Crippen LogP contribution is 2.20. The third-order valence-corrected chi connectivity index (χ3v) is 5.22. The number of amides is 1. The summed E-state index contributed by atoms with van der Waals surface area (Å²) in [5.41, 5.74) is 4.84. The number of aromatic nitrogens is 1. The number of hydrogen-bond acceptors (Lipinski definition) is 4. The van der Waals surface area contributed by atoms with Crippen molar-refractivity contribution in [3.05, 3.63) is 64.0 Å². The third-order valence-electron chi connectivity index (χ3n) is 5.22. The summed E-state index contributed by atoms with van der Waals surface area (Å²) >= 11 is 0. The van der Waals surface area contributed by atoms with Crippen LogP contribution in [0.1, 0.15) is 41.9 Å². The molecule has 0 aliphatic heterocycles. The fourth-order valence-electron chi connectivity index (χ4n) is 3.36. The molecule has 0 fully saturated rings. The third kappa shape index (κ3) is 6.32. The van der Waals surface area contributed by atoms with E-state index in [-0.39, 0.29) is 11.5 Å². The number of nitriles is 1. The molecule has 0 spiro atoms. The molecule has 31 heavy (non-hydrogen) atoms. The number of hydrogen-bond donors (Lipinski definition) is 0. The zero-order valence-corrected chi connectivity index (χ0v) is 19.2. The Morgan fingerprint density at radius 3 is 2.52 bits per heavy atom. The molecule has 0 atom stereocenters. The first kappa shape index (κ1) is 23.9. The van der Waals surface area contributed by atoms with E-state index in [1.807, 2.05) is 57.2 Å². The maximum absolute atomic E-state index is 12.4. The summed E-state index contributed by atoms with van der Waals surface area (Å²) < 4.78 is 7.30. The van der Waals surface area contributed by atoms with Crippen LogP contribution in [0.15, 0.2) is 35.9 Å². The first-order valence-corrected chi connectivity index (χ1v) is 10.4. The van der Waals surface area contributed by atoms with Crippen LogP contribution < -0.4 is 0 Å². The lowest BCUT2D eigenvalue weighted by atomic mass is 10.1. The fraction of sp³-hybridized carbons (Fsp3) is 0.400. The highest BCUT2D eigenvalue weighted by molar-refractivity contribution is 5.99. The Morgan fingerprint density at radius 2 is 1.90 bits per heavy atom. The lowest BCUT2D eigenvalue weighted by Gasteiger charge is -2.18. The molecule has 0 N–H and O–H groups in total. The van der Waals surface area contributed by atoms with Gasteiger partial charge in [0.05, 0.1) is 0 Å². The van der Waals surface area contributed by atoms with E-state index in [1.54, 1.807) is 7.05 Å². The standard InChI is InChI=1S/C25H31N3O3/c1-17(2)14-28-19(4)11-22(20(28)5)12-23(13-26)25(30)31-16-24(29)27(6)15-21-10-8-7-9-18(21)3/h7-12,17H,14-16H2,1-6H3/b23-12+. The summed E-state index contributed by atoms with van der Waals surface area (Å²) in [6.45, 7) is 11.1. The number of carbonyl (C=O) groups is 2. The fourth-order valence-corrected chi connectivity index (χ4v) is 3.36. The van der Waals surface area contributed by atoms with Gasteiger partial charge in [-0.2, -0.15) is 5.26 Å². The molecule has 0 saturated carbocycles. The highest BCUT2D eigenvalue weighted by atomic mass is 16.5. The van der Waals surface area contributed by atoms with Gasteiger partial charge in [0.25, 0.3) is 5.91 Å². The number of benzene rings is 1. The quantitative estimate of drug-likeness (QED) is 0.364. The van der Waals surface area contributed by atoms with E-state index >= 15 is 0 Å². The van der Waals surface area contributed by atoms with Crippen LogP contribution in [0.5, 0.6) is 0 Å². The van der Waals surface area contributed by atoms with Crippen LogP contribution in [0, 0.1) is 38.0 Å². The molecule has 1 heterocycles. The zero-order chi connectivity index (χ0) is 23.1. The average molecular weight is 422 g/mol. The van der Waals surface area contributed by atoms with Crippen molar-refractivity contribution in [1.29, 1.82) is 5.26 Å². The van der Waals surface area contributed by atoms with Crippen LogP contribution in [-0.4, -0.2) is 35.0 Å². The van der Waals surface area contributed by atoms with Crippen molar-refractivity contribution in [2.75, 3.05) is 13.7 Å². The molecule has 0 saturated heterocycles. The summed E-state index contributed by atoms with van der Waals surface area (Å²) in [4.78, 5) is 26.3. The van der Waals surface area contributed by atoms with Crippen molar-refractivity contribution in [1.82, 2.24) is 9.47 Å². The normalized spacial score (nSPS) is 11.4. The molecule has 1 aromatic heterocycles. The monoisotopic (exact) mass is 421 g/mol. The van der Waals surface area contributed by atoms with Gasteiger partial charge in [-0.15, -0.1) is 0 Å². The Kier molecular flexibility index (Phi) is 8.21. The van der Waals surface area contributed by atoms with Crippen LogP contribution >= 0.6 is 0 Å². The minimum Gasteiger partial charge on any atom is -0.451 e. The molecule has 6 heteroatoms. The first-order chi connectivity index (χ1) is 14.6. The number of aryl methyl sites for hydroxylation is 2. The van der Waals surface area contributed by atoms with Crippen molar-refractivity contribution in [2.45, 2.75) is 47.7 Å². The van der Waals surface area contributed by atoms with E-state index < -0.39 is 12.6 Å². The molecule has 0 unspecified atom stereocenters. The van der Waals surface area contributed by atoms with Crippen LogP contribution in [0.4, 0.5) is 0 Å². The van der Waals surface area contributed by atoms with E-state index in [9.17, 15) is 14.9 Å². The number of likely N-dealkylation sites (N-methyl/N-ethyl adjacent to an activating group) is 1. The van der Waals surface area contributed by atoms with E-state index in [0.29, 0.717) is 12.5 Å². The molecule has 0 radical (unpaired) electrons. The summed E-state index contributed by atoms with van der Waals surface area (Å²) in [6, 6.07) is 11.6. The summed E-state index contributed by atoms with van der Waals surface area (Å²) in [5.74, 6) is -0.650. The molecule has 2 rings (SSSR count). The Bertz CT molecular complexity index is 1030. The van der Waals surface area contributed by atoms with E-state index in [0.717, 1.165) is 34.6 Å². The van der Waals surface area contributed by atoms with Crippen LogP contribution in [0.2, 0.25) is 0 Å². The Morgan fingerprint density at radius 1 is 1.23 bits per heavy atom. The molecule has 2 aromatic rings. The van der Waals surface area contributed by atoms with Crippen LogP contribution in [0.3, 0.4) is 0 Å². The van der Waals surface area contributed by atoms with Crippen molar-refractivity contribution >= 4 is 18.0 Å². The van der Waals surface area contributed by atoms with Crippen LogP contribution in [-0.2, 0) is 27.4 Å². The zero-order valence-electron chi connectivity index (χ0n) is 19.2. The van der Waals surface area contributed by atoms with Crippen molar-refractivity contribution in [3.8, 4) is 6.07 Å². The van der Waals surface area contributed by atoms with E-state index in [2.05, 4.69) is 18.4 Å². The second kappa shape index (κ2) is 10.6. The van der Waals surface area contributed by atoms with Gasteiger partial charge in [-0.25, -0.2) is 4.79 Å². The van der Waals surface area contributed by atoms with Crippen molar-refractivity contribution in [3.63, 3.8) is 0 Å². The molecule has 6 nitrogen and oxygen atoms in total. The van der Waals surface area contributed by atoms with Crippen molar-refractivity contribution < 1.29 is 14.3 Å². The highest BCUT2D eigenvalue weighted by Gasteiger charge is 2.17. The lowest BCUT2D eigenvalue weighted by molar-refractivity contribution is -0.148. The molecule has 0 bridgehead atoms. The molecule has 164 valence electrons. The number of nitrogens with zero attached hydrogens (tertiary/aromatic N) is 3. The minimum atomic E-state index is -0.797. The lowest BCUT2D eigenvalue weighted by Crippen LogP contribution is -2.31. The van der Waals surface area contributed by atoms with Gasteiger partial charge in [0.15, 0.2) is 6.61 Å². The van der Waals surface area contributed by atoms with Gasteiger partial charge < -0.3 is 14.2 Å². The predicted octanol–water partition coefficient (Wildman–Crippen LogP) is 4.18. The van der Waals surface area contributed by atoms with Crippen LogP contribution in [0.25, 0.3) is 6.08 Å². The maximum Gasteiger partial charge on any atom is 0.349 e. The van der Waals surface area contributed by atoms with Crippen molar-refractivity contribution in [2.24, 2.45) is 5.92 Å². The number of ether oxygens (including phenoxy) is 1. The van der Waals surface area contributed by atoms with Gasteiger partial charge in [-0.1, -0.05) is 38.1 Å². The SMILES string of the molecule is Cc1ccccc1CN(C)C(=O)COC(=O)/C(C#N)=C/c1cc(C)n(CC(C)C)c1C. The molecule has 1 aromatic carbocycles. The summed E-state index contributed by atoms with van der Waals surface area (Å²) in [7, 11) is 1.66. The minimum absolute atomic E-state index is 0.126. The van der Waals surface area contributed by atoms with Gasteiger partial charge in [0, 0.05) is 31.5 Å². The molecule has 0 aliphatic rings. The molecule has 1 amide bonds. The Labute approximate surface area is 184 Å². The van der Waals surface area contributed by atoms with E-state index in [4.69, 9.17) is 4.74 Å². The number of esters is 1. The smallest absolute Gasteiger partial charge is 0.349 e. The number of carbonyl (C=O) groups excluding carboxylic acids is 2. The molecular formula is C25H31N3O3. The molecular weight excluding hydrogens is 390 g/mol. The Balaban J connectivity index is 2.04. The van der Waals surface area contributed by atoms with Gasteiger partial charge in [-0.3, -0.25) is 4.79 Å². The molecule has 0 aliphatic carbocycles. The second-order valence-corrected chi connectivity index (χ2v) is 8.25. The topological polar surface area (TPSA) is 75.3 Å². The van der Waals surface area contributed by atoms with E-state index in [1.165, 1.54) is 11.0 Å². The maximum atomic E-state index is 12.4. The number of rotatable bonds is 8. The summed E-state index contributed by atoms with van der Waals surface area (Å²) in [5, 5.41) is 9.45. The Hall–Kier alpha value is -3.33. The second-order valence-electron chi connectivity index (χ2n) is 8.25. The van der Waals surface area contributed by atoms with Gasteiger partial charge >= 0.3 is 5.97 Å². The summed E-state index contributed by atoms with van der Waals surface area (Å²) in [6.07, 6.45) is 1.53. The predicted molar refractivity (Wildman–Crippen MR) is 121 cm³/mol. The van der Waals surface area contributed by atoms with Gasteiger partial charge in [0.2, 0.25) is 0 Å². The average Bonchev–Trinajstić information content (AvgIpc) is 2.98. The first-order valence-electron chi connectivity index (χ1n) is 10.4.